The molecule has 3 rings (SSSR count). The molecule has 3 atom stereocenters. The fourth-order valence-corrected chi connectivity index (χ4v) is 3.62. The van der Waals surface area contributed by atoms with E-state index in [9.17, 15) is 9.90 Å². The van der Waals surface area contributed by atoms with Crippen molar-refractivity contribution in [2.75, 3.05) is 40.9 Å². The summed E-state index contributed by atoms with van der Waals surface area (Å²) in [7, 11) is 5.62. The van der Waals surface area contributed by atoms with Crippen molar-refractivity contribution in [2.24, 2.45) is 5.92 Å². The Balaban J connectivity index is 2.04. The fraction of sp³-hybridized carbons (Fsp3) is 0.478. The van der Waals surface area contributed by atoms with Crippen molar-refractivity contribution in [3.05, 3.63) is 42.1 Å². The van der Waals surface area contributed by atoms with E-state index >= 15 is 0 Å². The smallest absolute Gasteiger partial charge is 0.259 e. The van der Waals surface area contributed by atoms with Gasteiger partial charge in [-0.15, -0.1) is 0 Å². The maximum atomic E-state index is 13.4. The van der Waals surface area contributed by atoms with E-state index in [0.29, 0.717) is 24.5 Å². The van der Waals surface area contributed by atoms with Gasteiger partial charge in [0.2, 0.25) is 5.88 Å². The van der Waals surface area contributed by atoms with E-state index in [4.69, 9.17) is 9.47 Å². The van der Waals surface area contributed by atoms with Crippen LogP contribution in [0.4, 0.5) is 0 Å². The van der Waals surface area contributed by atoms with Crippen molar-refractivity contribution in [1.29, 1.82) is 0 Å². The molecule has 2 aromatic rings. The summed E-state index contributed by atoms with van der Waals surface area (Å²) in [6.07, 6.45) is 1.60. The van der Waals surface area contributed by atoms with E-state index in [1.807, 2.05) is 51.4 Å². The summed E-state index contributed by atoms with van der Waals surface area (Å²) in [6, 6.07) is 9.14. The van der Waals surface area contributed by atoms with Gasteiger partial charge in [0.25, 0.3) is 5.91 Å². The molecule has 0 radical (unpaired) electrons. The van der Waals surface area contributed by atoms with Gasteiger partial charge in [-0.2, -0.15) is 0 Å². The Labute approximate surface area is 178 Å². The first-order chi connectivity index (χ1) is 14.3. The number of ether oxygens (including phenoxy) is 2. The molecule has 0 spiro atoms. The van der Waals surface area contributed by atoms with Crippen LogP contribution >= 0.6 is 0 Å². The van der Waals surface area contributed by atoms with Crippen molar-refractivity contribution in [3.63, 3.8) is 0 Å². The first kappa shape index (κ1) is 22.1. The molecule has 0 aliphatic carbocycles. The molecule has 30 heavy (non-hydrogen) atoms. The number of pyridine rings is 1. The van der Waals surface area contributed by atoms with Crippen LogP contribution in [0.5, 0.6) is 11.6 Å². The van der Waals surface area contributed by atoms with Crippen molar-refractivity contribution in [1.82, 2.24) is 14.8 Å². The first-order valence-corrected chi connectivity index (χ1v) is 10.2. The molecule has 1 N–H and O–H groups in total. The quantitative estimate of drug-likeness (QED) is 0.785. The summed E-state index contributed by atoms with van der Waals surface area (Å²) in [5.74, 6) is 1.01. The van der Waals surface area contributed by atoms with Crippen LogP contribution in [-0.4, -0.2) is 78.8 Å². The number of benzene rings is 1. The molecule has 7 heteroatoms. The lowest BCUT2D eigenvalue weighted by molar-refractivity contribution is 0.0348. The predicted octanol–water partition coefficient (Wildman–Crippen LogP) is 2.54. The van der Waals surface area contributed by atoms with E-state index in [0.717, 1.165) is 16.9 Å². The van der Waals surface area contributed by atoms with Crippen LogP contribution in [0.2, 0.25) is 0 Å². The number of aliphatic hydroxyl groups is 1. The molecule has 0 bridgehead atoms. The summed E-state index contributed by atoms with van der Waals surface area (Å²) >= 11 is 0. The standard InChI is InChI=1S/C23H31N3O4/c1-15-12-26(16(2)14-27)23(28)20-10-18(17-6-8-19(29-5)9-7-17)11-24-22(20)30-21(15)13-25(3)4/h6-11,15-16,21,27H,12-14H2,1-5H3/t15-,16-,21-/m1/s1. The van der Waals surface area contributed by atoms with Crippen molar-refractivity contribution < 1.29 is 19.4 Å². The highest BCUT2D eigenvalue weighted by Gasteiger charge is 2.34. The minimum atomic E-state index is -0.296. The number of aliphatic hydroxyl groups excluding tert-OH is 1. The van der Waals surface area contributed by atoms with Gasteiger partial charge < -0.3 is 24.4 Å². The number of carbonyl (C=O) groups is 1. The molecule has 0 unspecified atom stereocenters. The number of aromatic nitrogens is 1. The summed E-state index contributed by atoms with van der Waals surface area (Å²) in [5, 5.41) is 9.73. The fourth-order valence-electron chi connectivity index (χ4n) is 3.62. The second kappa shape index (κ2) is 9.45. The maximum absolute atomic E-state index is 13.4. The van der Waals surface area contributed by atoms with Crippen molar-refractivity contribution >= 4 is 5.91 Å². The minimum Gasteiger partial charge on any atom is -0.497 e. The highest BCUT2D eigenvalue weighted by atomic mass is 16.5. The van der Waals surface area contributed by atoms with E-state index < -0.39 is 0 Å². The lowest BCUT2D eigenvalue weighted by Crippen LogP contribution is -2.49. The van der Waals surface area contributed by atoms with Gasteiger partial charge in [0, 0.05) is 30.8 Å². The van der Waals surface area contributed by atoms with Crippen molar-refractivity contribution in [3.8, 4) is 22.8 Å². The third-order valence-electron chi connectivity index (χ3n) is 5.49. The summed E-state index contributed by atoms with van der Waals surface area (Å²) in [5.41, 5.74) is 2.17. The number of hydrogen-bond acceptors (Lipinski definition) is 6. The second-order valence-corrected chi connectivity index (χ2v) is 8.19. The van der Waals surface area contributed by atoms with Gasteiger partial charge in [0.1, 0.15) is 17.4 Å². The van der Waals surface area contributed by atoms with Crippen LogP contribution in [0.3, 0.4) is 0 Å². The molecule has 0 fully saturated rings. The van der Waals surface area contributed by atoms with E-state index in [1.165, 1.54) is 0 Å². The van der Waals surface area contributed by atoms with Crippen LogP contribution in [0.1, 0.15) is 24.2 Å². The number of fused-ring (bicyclic) bond motifs is 1. The van der Waals surface area contributed by atoms with Gasteiger partial charge in [-0.1, -0.05) is 19.1 Å². The summed E-state index contributed by atoms with van der Waals surface area (Å²) in [4.78, 5) is 21.7. The number of methoxy groups -OCH3 is 1. The number of likely N-dealkylation sites (N-methyl/N-ethyl adjacent to an activating group) is 1. The van der Waals surface area contributed by atoms with Crippen LogP contribution in [0.25, 0.3) is 11.1 Å². The molecule has 2 heterocycles. The van der Waals surface area contributed by atoms with Gasteiger partial charge in [0.05, 0.1) is 19.8 Å². The molecule has 1 aromatic heterocycles. The Bertz CT molecular complexity index is 869. The van der Waals surface area contributed by atoms with Crippen LogP contribution in [0, 0.1) is 5.92 Å². The van der Waals surface area contributed by atoms with Gasteiger partial charge in [0.15, 0.2) is 0 Å². The summed E-state index contributed by atoms with van der Waals surface area (Å²) < 4.78 is 11.5. The lowest BCUT2D eigenvalue weighted by Gasteiger charge is -2.37. The number of carbonyl (C=O) groups excluding carboxylic acids is 1. The first-order valence-electron chi connectivity index (χ1n) is 10.2. The van der Waals surface area contributed by atoms with Gasteiger partial charge in [-0.05, 0) is 44.8 Å². The largest absolute Gasteiger partial charge is 0.497 e. The maximum Gasteiger partial charge on any atom is 0.259 e. The molecule has 1 amide bonds. The average molecular weight is 414 g/mol. The normalized spacial score (nSPS) is 20.2. The topological polar surface area (TPSA) is 75.1 Å². The van der Waals surface area contributed by atoms with E-state index in [2.05, 4.69) is 16.8 Å². The number of hydrogen-bond donors (Lipinski definition) is 1. The van der Waals surface area contributed by atoms with Crippen LogP contribution < -0.4 is 9.47 Å². The molecule has 7 nitrogen and oxygen atoms in total. The van der Waals surface area contributed by atoms with Crippen LogP contribution in [0.15, 0.2) is 36.5 Å². The number of rotatable bonds is 6. The SMILES string of the molecule is COc1ccc(-c2cnc3c(c2)C(=O)N([C@H](C)CO)C[C@@H](C)[C@@H](CN(C)C)O3)cc1. The average Bonchev–Trinajstić information content (AvgIpc) is 2.75. The van der Waals surface area contributed by atoms with Gasteiger partial charge in [-0.3, -0.25) is 4.79 Å². The number of nitrogens with zero attached hydrogens (tertiary/aromatic N) is 3. The zero-order chi connectivity index (χ0) is 21.8. The molecule has 1 aliphatic rings. The second-order valence-electron chi connectivity index (χ2n) is 8.19. The Morgan fingerprint density at radius 1 is 1.30 bits per heavy atom. The Morgan fingerprint density at radius 3 is 2.60 bits per heavy atom. The predicted molar refractivity (Wildman–Crippen MR) is 116 cm³/mol. The Hall–Kier alpha value is -2.64. The highest BCUT2D eigenvalue weighted by Crippen LogP contribution is 2.30. The van der Waals surface area contributed by atoms with E-state index in [1.54, 1.807) is 18.2 Å². The third-order valence-corrected chi connectivity index (χ3v) is 5.49. The minimum absolute atomic E-state index is 0.0848. The van der Waals surface area contributed by atoms with E-state index in [-0.39, 0.29) is 30.6 Å². The zero-order valence-electron chi connectivity index (χ0n) is 18.3. The molecule has 0 saturated heterocycles. The Kier molecular flexibility index (Phi) is 6.95. The van der Waals surface area contributed by atoms with Gasteiger partial charge >= 0.3 is 0 Å². The molecular weight excluding hydrogens is 382 g/mol. The zero-order valence-corrected chi connectivity index (χ0v) is 18.3. The van der Waals surface area contributed by atoms with Crippen molar-refractivity contribution in [2.45, 2.75) is 26.0 Å². The van der Waals surface area contributed by atoms with Gasteiger partial charge in [-0.25, -0.2) is 4.98 Å². The molecular formula is C23H31N3O4. The third kappa shape index (κ3) is 4.74. The molecule has 1 aromatic carbocycles. The lowest BCUT2D eigenvalue weighted by atomic mass is 9.99. The molecule has 0 saturated carbocycles. The monoisotopic (exact) mass is 413 g/mol. The Morgan fingerprint density at radius 2 is 2.00 bits per heavy atom. The highest BCUT2D eigenvalue weighted by molar-refractivity contribution is 5.98. The molecule has 162 valence electrons. The number of amides is 1. The van der Waals surface area contributed by atoms with Crippen LogP contribution in [-0.2, 0) is 0 Å². The summed E-state index contributed by atoms with van der Waals surface area (Å²) in [6.45, 7) is 5.03. The molecule has 1 aliphatic heterocycles.